The molecule has 122 valence electrons. The first-order valence-electron chi connectivity index (χ1n) is 8.76. The lowest BCUT2D eigenvalue weighted by Crippen LogP contribution is -2.19. The van der Waals surface area contributed by atoms with Crippen molar-refractivity contribution in [1.82, 2.24) is 0 Å². The molecule has 1 heteroatoms. The Hall–Kier alpha value is -1.86. The van der Waals surface area contributed by atoms with Crippen molar-refractivity contribution in [2.45, 2.75) is 51.0 Å². The van der Waals surface area contributed by atoms with Gasteiger partial charge >= 0.3 is 0 Å². The highest BCUT2D eigenvalue weighted by atomic mass is 16.3. The van der Waals surface area contributed by atoms with Crippen molar-refractivity contribution < 1.29 is 5.11 Å². The SMILES string of the molecule is CCCCC/C=C/CC(O)C(c1ccccc1)c1ccccc1. The number of aliphatic hydroxyl groups excluding tert-OH is 1. The smallest absolute Gasteiger partial charge is 0.0683 e. The summed E-state index contributed by atoms with van der Waals surface area (Å²) in [6.07, 6.45) is 9.53. The molecule has 0 aliphatic rings. The maximum absolute atomic E-state index is 10.8. The van der Waals surface area contributed by atoms with Crippen LogP contribution in [0, 0.1) is 0 Å². The van der Waals surface area contributed by atoms with Crippen LogP contribution in [0.15, 0.2) is 72.8 Å². The lowest BCUT2D eigenvalue weighted by Gasteiger charge is -2.23. The zero-order valence-corrected chi connectivity index (χ0v) is 14.1. The predicted molar refractivity (Wildman–Crippen MR) is 98.6 cm³/mol. The van der Waals surface area contributed by atoms with Crippen LogP contribution in [-0.2, 0) is 0 Å². The molecule has 2 aromatic carbocycles. The Labute approximate surface area is 140 Å². The molecule has 1 nitrogen and oxygen atoms in total. The molecule has 1 unspecified atom stereocenters. The zero-order valence-electron chi connectivity index (χ0n) is 14.1. The Kier molecular flexibility index (Phi) is 7.62. The van der Waals surface area contributed by atoms with Crippen LogP contribution in [0.5, 0.6) is 0 Å². The van der Waals surface area contributed by atoms with Crippen molar-refractivity contribution >= 4 is 0 Å². The van der Waals surface area contributed by atoms with Gasteiger partial charge in [-0.25, -0.2) is 0 Å². The van der Waals surface area contributed by atoms with Crippen LogP contribution in [-0.4, -0.2) is 11.2 Å². The van der Waals surface area contributed by atoms with Crippen LogP contribution in [0.2, 0.25) is 0 Å². The minimum Gasteiger partial charge on any atom is -0.392 e. The molecule has 2 aromatic rings. The van der Waals surface area contributed by atoms with E-state index in [-0.39, 0.29) is 5.92 Å². The minimum absolute atomic E-state index is 0.0256. The van der Waals surface area contributed by atoms with Gasteiger partial charge in [0.1, 0.15) is 0 Å². The van der Waals surface area contributed by atoms with E-state index < -0.39 is 6.10 Å². The van der Waals surface area contributed by atoms with Crippen molar-refractivity contribution in [3.05, 3.63) is 83.9 Å². The fourth-order valence-electron chi connectivity index (χ4n) is 2.96. The largest absolute Gasteiger partial charge is 0.392 e. The van der Waals surface area contributed by atoms with Gasteiger partial charge in [0, 0.05) is 5.92 Å². The van der Waals surface area contributed by atoms with Gasteiger partial charge in [-0.15, -0.1) is 0 Å². The molecule has 0 saturated heterocycles. The Morgan fingerprint density at radius 2 is 1.39 bits per heavy atom. The standard InChI is InChI=1S/C22H28O/c1-2-3-4-5-6-13-18-21(23)22(19-14-9-7-10-15-19)20-16-11-8-12-17-20/h6-17,21-23H,2-5,18H2,1H3/b13-6+. The van der Waals surface area contributed by atoms with Gasteiger partial charge in [0.25, 0.3) is 0 Å². The molecule has 0 fully saturated rings. The Bertz CT molecular complexity index is 520. The Morgan fingerprint density at radius 3 is 1.91 bits per heavy atom. The number of hydrogen-bond donors (Lipinski definition) is 1. The number of hydrogen-bond acceptors (Lipinski definition) is 1. The van der Waals surface area contributed by atoms with E-state index in [9.17, 15) is 5.11 Å². The van der Waals surface area contributed by atoms with Crippen molar-refractivity contribution in [3.8, 4) is 0 Å². The number of benzene rings is 2. The summed E-state index contributed by atoms with van der Waals surface area (Å²) in [5.74, 6) is 0.0256. The summed E-state index contributed by atoms with van der Waals surface area (Å²) in [5, 5.41) is 10.8. The fourth-order valence-corrected chi connectivity index (χ4v) is 2.96. The van der Waals surface area contributed by atoms with Gasteiger partial charge in [-0.2, -0.15) is 0 Å². The van der Waals surface area contributed by atoms with Crippen LogP contribution in [0.25, 0.3) is 0 Å². The molecule has 0 aliphatic carbocycles. The average Bonchev–Trinajstić information content (AvgIpc) is 2.60. The van der Waals surface area contributed by atoms with Gasteiger partial charge in [-0.05, 0) is 30.4 Å². The lowest BCUT2D eigenvalue weighted by molar-refractivity contribution is 0.159. The van der Waals surface area contributed by atoms with Gasteiger partial charge < -0.3 is 5.11 Å². The molecule has 23 heavy (non-hydrogen) atoms. The van der Waals surface area contributed by atoms with E-state index >= 15 is 0 Å². The first-order valence-corrected chi connectivity index (χ1v) is 8.76. The number of unbranched alkanes of at least 4 members (excludes halogenated alkanes) is 3. The van der Waals surface area contributed by atoms with Crippen molar-refractivity contribution in [3.63, 3.8) is 0 Å². The molecule has 0 bridgehead atoms. The van der Waals surface area contributed by atoms with E-state index in [1.807, 2.05) is 36.4 Å². The maximum Gasteiger partial charge on any atom is 0.0683 e. The molecular weight excluding hydrogens is 280 g/mol. The summed E-state index contributed by atoms with van der Waals surface area (Å²) in [6.45, 7) is 2.22. The normalized spacial score (nSPS) is 12.8. The highest BCUT2D eigenvalue weighted by Gasteiger charge is 2.21. The third kappa shape index (κ3) is 5.69. The van der Waals surface area contributed by atoms with Crippen LogP contribution in [0.1, 0.15) is 56.1 Å². The summed E-state index contributed by atoms with van der Waals surface area (Å²) in [6, 6.07) is 20.6. The zero-order chi connectivity index (χ0) is 16.3. The summed E-state index contributed by atoms with van der Waals surface area (Å²) >= 11 is 0. The molecule has 0 amide bonds. The molecule has 2 rings (SSSR count). The first-order chi connectivity index (χ1) is 11.3. The van der Waals surface area contributed by atoms with Gasteiger partial charge in [-0.1, -0.05) is 92.6 Å². The van der Waals surface area contributed by atoms with E-state index in [1.54, 1.807) is 0 Å². The summed E-state index contributed by atoms with van der Waals surface area (Å²) in [4.78, 5) is 0. The van der Waals surface area contributed by atoms with Crippen LogP contribution in [0.4, 0.5) is 0 Å². The molecule has 0 spiro atoms. The van der Waals surface area contributed by atoms with E-state index in [4.69, 9.17) is 0 Å². The summed E-state index contributed by atoms with van der Waals surface area (Å²) < 4.78 is 0. The molecule has 0 saturated carbocycles. The molecule has 0 aromatic heterocycles. The topological polar surface area (TPSA) is 20.2 Å². The lowest BCUT2D eigenvalue weighted by atomic mass is 9.85. The van der Waals surface area contributed by atoms with E-state index in [2.05, 4.69) is 43.3 Å². The van der Waals surface area contributed by atoms with Gasteiger partial charge in [0.2, 0.25) is 0 Å². The first kappa shape index (κ1) is 17.5. The van der Waals surface area contributed by atoms with E-state index in [0.717, 1.165) is 6.42 Å². The quantitative estimate of drug-likeness (QED) is 0.465. The van der Waals surface area contributed by atoms with Crippen molar-refractivity contribution in [2.24, 2.45) is 0 Å². The van der Waals surface area contributed by atoms with Crippen LogP contribution >= 0.6 is 0 Å². The minimum atomic E-state index is -0.401. The Balaban J connectivity index is 2.05. The Morgan fingerprint density at radius 1 is 0.826 bits per heavy atom. The fraction of sp³-hybridized carbons (Fsp3) is 0.364. The van der Waals surface area contributed by atoms with Crippen LogP contribution in [0.3, 0.4) is 0 Å². The number of rotatable bonds is 9. The van der Waals surface area contributed by atoms with Crippen molar-refractivity contribution in [1.29, 1.82) is 0 Å². The van der Waals surface area contributed by atoms with Crippen molar-refractivity contribution in [2.75, 3.05) is 0 Å². The highest BCUT2D eigenvalue weighted by molar-refractivity contribution is 5.33. The summed E-state index contributed by atoms with van der Waals surface area (Å²) in [5.41, 5.74) is 2.34. The average molecular weight is 308 g/mol. The number of allylic oxidation sites excluding steroid dienone is 1. The van der Waals surface area contributed by atoms with E-state index in [1.165, 1.54) is 30.4 Å². The third-order valence-corrected chi connectivity index (χ3v) is 4.22. The van der Waals surface area contributed by atoms with Gasteiger partial charge in [0.15, 0.2) is 0 Å². The molecular formula is C22H28O. The second-order valence-electron chi connectivity index (χ2n) is 6.07. The molecule has 0 radical (unpaired) electrons. The second-order valence-corrected chi connectivity index (χ2v) is 6.07. The monoisotopic (exact) mass is 308 g/mol. The van der Waals surface area contributed by atoms with Crippen LogP contribution < -0.4 is 0 Å². The molecule has 1 N–H and O–H groups in total. The van der Waals surface area contributed by atoms with Gasteiger partial charge in [-0.3, -0.25) is 0 Å². The maximum atomic E-state index is 10.8. The summed E-state index contributed by atoms with van der Waals surface area (Å²) in [7, 11) is 0. The molecule has 0 aliphatic heterocycles. The van der Waals surface area contributed by atoms with E-state index in [0.29, 0.717) is 6.42 Å². The molecule has 0 heterocycles. The third-order valence-electron chi connectivity index (χ3n) is 4.22. The molecule has 1 atom stereocenters. The highest BCUT2D eigenvalue weighted by Crippen LogP contribution is 2.29. The second kappa shape index (κ2) is 10.0. The van der Waals surface area contributed by atoms with Gasteiger partial charge in [0.05, 0.1) is 6.10 Å². The number of aliphatic hydroxyl groups is 1. The predicted octanol–water partition coefficient (Wildman–Crippen LogP) is 5.71.